The van der Waals surface area contributed by atoms with Gasteiger partial charge in [-0.1, -0.05) is 58.6 Å². The van der Waals surface area contributed by atoms with E-state index in [4.69, 9.17) is 51.8 Å². The molecule has 184 valence electrons. The lowest BCUT2D eigenvalue weighted by atomic mass is 10.0. The second-order valence-electron chi connectivity index (χ2n) is 8.61. The van der Waals surface area contributed by atoms with Crippen molar-refractivity contribution in [3.8, 4) is 0 Å². The van der Waals surface area contributed by atoms with Gasteiger partial charge in [0.25, 0.3) is 0 Å². The van der Waals surface area contributed by atoms with Gasteiger partial charge in [0.05, 0.1) is 16.1 Å². The quantitative estimate of drug-likeness (QED) is 0.122. The standard InChI is InChI=1S/C27H23Cl4N5/c28-16-1-5-18(6-2-16)34-20-11-15(9-10-33-27(32)35-19-7-3-17(29)4-8-19)26-22(12-20)21-13-23(30)24(31)14-25(21)36-26/h1-7,11-14,19,34,36H,8-10H2,(H3,32,33,35). The smallest absolute Gasteiger partial charge is 0.188 e. The highest BCUT2D eigenvalue weighted by atomic mass is 35.5. The van der Waals surface area contributed by atoms with E-state index in [1.54, 1.807) is 0 Å². The van der Waals surface area contributed by atoms with Crippen LogP contribution in [-0.4, -0.2) is 23.5 Å². The van der Waals surface area contributed by atoms with Gasteiger partial charge in [0.15, 0.2) is 5.96 Å². The molecule has 1 aromatic heterocycles. The van der Waals surface area contributed by atoms with Crippen LogP contribution in [0.3, 0.4) is 0 Å². The lowest BCUT2D eigenvalue weighted by Crippen LogP contribution is -2.42. The van der Waals surface area contributed by atoms with Crippen molar-refractivity contribution in [2.75, 3.05) is 11.9 Å². The summed E-state index contributed by atoms with van der Waals surface area (Å²) in [6.45, 7) is 0.579. The molecule has 5 rings (SSSR count). The number of hydrogen-bond acceptors (Lipinski definition) is 2. The van der Waals surface area contributed by atoms with Crippen LogP contribution in [0.5, 0.6) is 0 Å². The largest absolute Gasteiger partial charge is 0.356 e. The number of benzene rings is 3. The SMILES string of the molecule is N=C(NCCc1cc(Nc2ccc(Cl)cc2)cc2c1[nH]c1cc(Cl)c(Cl)cc12)NC1C=CC(Cl)=CC1. The molecule has 0 saturated heterocycles. The molecule has 5 N–H and O–H groups in total. The van der Waals surface area contributed by atoms with Crippen molar-refractivity contribution in [1.29, 1.82) is 5.41 Å². The van der Waals surface area contributed by atoms with Crippen LogP contribution >= 0.6 is 46.4 Å². The number of fused-ring (bicyclic) bond motifs is 3. The Bertz CT molecular complexity index is 1500. The minimum atomic E-state index is 0.0503. The molecule has 4 aromatic rings. The second kappa shape index (κ2) is 10.7. The van der Waals surface area contributed by atoms with E-state index in [0.717, 1.165) is 50.2 Å². The highest BCUT2D eigenvalue weighted by Gasteiger charge is 2.14. The van der Waals surface area contributed by atoms with E-state index >= 15 is 0 Å². The van der Waals surface area contributed by atoms with Crippen LogP contribution in [0.15, 0.2) is 71.8 Å². The molecule has 1 heterocycles. The zero-order valence-electron chi connectivity index (χ0n) is 19.1. The first-order valence-electron chi connectivity index (χ1n) is 11.4. The molecule has 36 heavy (non-hydrogen) atoms. The summed E-state index contributed by atoms with van der Waals surface area (Å²) in [5.41, 5.74) is 4.91. The Morgan fingerprint density at radius 1 is 0.944 bits per heavy atom. The zero-order valence-corrected chi connectivity index (χ0v) is 22.1. The van der Waals surface area contributed by atoms with E-state index in [1.807, 2.05) is 54.6 Å². The molecule has 1 unspecified atom stereocenters. The average Bonchev–Trinajstić information content (AvgIpc) is 3.20. The molecule has 0 spiro atoms. The van der Waals surface area contributed by atoms with Crippen molar-refractivity contribution >= 4 is 85.5 Å². The van der Waals surface area contributed by atoms with Crippen molar-refractivity contribution in [1.82, 2.24) is 15.6 Å². The number of anilines is 2. The molecule has 5 nitrogen and oxygen atoms in total. The monoisotopic (exact) mass is 557 g/mol. The molecule has 9 heteroatoms. The molecule has 0 bridgehead atoms. The fourth-order valence-electron chi connectivity index (χ4n) is 4.30. The van der Waals surface area contributed by atoms with Crippen molar-refractivity contribution in [3.05, 3.63) is 92.4 Å². The third kappa shape index (κ3) is 5.60. The van der Waals surface area contributed by atoms with E-state index in [1.165, 1.54) is 0 Å². The van der Waals surface area contributed by atoms with E-state index in [0.29, 0.717) is 28.0 Å². The van der Waals surface area contributed by atoms with Crippen LogP contribution in [0, 0.1) is 5.41 Å². The predicted octanol–water partition coefficient (Wildman–Crippen LogP) is 8.13. The maximum absolute atomic E-state index is 8.28. The Kier molecular flexibility index (Phi) is 7.35. The number of aromatic nitrogens is 1. The minimum Gasteiger partial charge on any atom is -0.356 e. The van der Waals surface area contributed by atoms with Crippen LogP contribution in [0.2, 0.25) is 15.1 Å². The highest BCUT2D eigenvalue weighted by Crippen LogP contribution is 2.36. The summed E-state index contributed by atoms with van der Waals surface area (Å²) in [6, 6.07) is 15.6. The fraction of sp³-hybridized carbons (Fsp3) is 0.148. The number of allylic oxidation sites excluding steroid dienone is 2. The number of H-pyrrole nitrogens is 1. The Balaban J connectivity index is 1.39. The number of halogens is 4. The first-order valence-corrected chi connectivity index (χ1v) is 13.0. The molecule has 1 aliphatic rings. The van der Waals surface area contributed by atoms with Gasteiger partial charge in [-0.2, -0.15) is 0 Å². The number of hydrogen-bond donors (Lipinski definition) is 5. The first kappa shape index (κ1) is 24.8. The summed E-state index contributed by atoms with van der Waals surface area (Å²) < 4.78 is 0. The number of nitrogens with one attached hydrogen (secondary N) is 5. The molecular formula is C27H23Cl4N5. The molecule has 0 fully saturated rings. The van der Waals surface area contributed by atoms with Crippen LogP contribution in [0.4, 0.5) is 11.4 Å². The number of aromatic amines is 1. The summed E-state index contributed by atoms with van der Waals surface area (Å²) in [5.74, 6) is 0.276. The average molecular weight is 559 g/mol. The molecule has 1 aliphatic carbocycles. The normalized spacial score (nSPS) is 15.2. The van der Waals surface area contributed by atoms with Crippen molar-refractivity contribution in [2.24, 2.45) is 0 Å². The van der Waals surface area contributed by atoms with E-state index < -0.39 is 0 Å². The van der Waals surface area contributed by atoms with Crippen LogP contribution in [0.25, 0.3) is 21.8 Å². The third-order valence-electron chi connectivity index (χ3n) is 6.04. The molecule has 0 radical (unpaired) electrons. The molecule has 0 aliphatic heterocycles. The molecule has 3 aromatic carbocycles. The van der Waals surface area contributed by atoms with Gasteiger partial charge in [-0.05, 0) is 73.0 Å². The fourth-order valence-corrected chi connectivity index (χ4v) is 4.91. The van der Waals surface area contributed by atoms with Gasteiger partial charge >= 0.3 is 0 Å². The van der Waals surface area contributed by atoms with Crippen molar-refractivity contribution < 1.29 is 0 Å². The van der Waals surface area contributed by atoms with E-state index in [2.05, 4.69) is 33.1 Å². The number of guanidine groups is 1. The van der Waals surface area contributed by atoms with Gasteiger partial charge in [-0.15, -0.1) is 0 Å². The maximum Gasteiger partial charge on any atom is 0.188 e. The Morgan fingerprint density at radius 3 is 2.47 bits per heavy atom. The van der Waals surface area contributed by atoms with E-state index in [9.17, 15) is 0 Å². The molecule has 0 amide bonds. The summed E-state index contributed by atoms with van der Waals surface area (Å²) in [5, 5.41) is 22.6. The minimum absolute atomic E-state index is 0.0503. The van der Waals surface area contributed by atoms with Gasteiger partial charge in [0.2, 0.25) is 0 Å². The van der Waals surface area contributed by atoms with Gasteiger partial charge in [0, 0.05) is 49.8 Å². The lowest BCUT2D eigenvalue weighted by Gasteiger charge is -2.19. The Hall–Kier alpha value is -2.83. The zero-order chi connectivity index (χ0) is 25.2. The highest BCUT2D eigenvalue weighted by molar-refractivity contribution is 6.43. The maximum atomic E-state index is 8.28. The number of rotatable bonds is 6. The van der Waals surface area contributed by atoms with Crippen LogP contribution in [-0.2, 0) is 6.42 Å². The van der Waals surface area contributed by atoms with Gasteiger partial charge < -0.3 is 20.9 Å². The third-order valence-corrected chi connectivity index (χ3v) is 7.30. The summed E-state index contributed by atoms with van der Waals surface area (Å²) in [6.07, 6.45) is 7.20. The van der Waals surface area contributed by atoms with Crippen LogP contribution in [0.1, 0.15) is 12.0 Å². The lowest BCUT2D eigenvalue weighted by molar-refractivity contribution is 0.696. The molecule has 0 saturated carbocycles. The molecular weight excluding hydrogens is 536 g/mol. The second-order valence-corrected chi connectivity index (χ2v) is 10.3. The van der Waals surface area contributed by atoms with Gasteiger partial charge in [-0.25, -0.2) is 0 Å². The summed E-state index contributed by atoms with van der Waals surface area (Å²) in [4.78, 5) is 3.51. The van der Waals surface area contributed by atoms with Crippen LogP contribution < -0.4 is 16.0 Å². The predicted molar refractivity (Wildman–Crippen MR) is 155 cm³/mol. The van der Waals surface area contributed by atoms with E-state index in [-0.39, 0.29) is 12.0 Å². The topological polar surface area (TPSA) is 75.7 Å². The summed E-state index contributed by atoms with van der Waals surface area (Å²) >= 11 is 24.7. The summed E-state index contributed by atoms with van der Waals surface area (Å²) in [7, 11) is 0. The van der Waals surface area contributed by atoms with Gasteiger partial charge in [-0.3, -0.25) is 5.41 Å². The van der Waals surface area contributed by atoms with Gasteiger partial charge in [0.1, 0.15) is 0 Å². The molecule has 1 atom stereocenters. The van der Waals surface area contributed by atoms with Crippen molar-refractivity contribution in [3.63, 3.8) is 0 Å². The van der Waals surface area contributed by atoms with Crippen molar-refractivity contribution in [2.45, 2.75) is 18.9 Å². The first-order chi connectivity index (χ1) is 17.4. The Morgan fingerprint density at radius 2 is 1.72 bits per heavy atom. The Labute approximate surface area is 229 Å².